The molecule has 1 N–H and O–H groups in total. The SMILES string of the molecule is CCOC(=O)C[C@@H]1CC(=O)N2CCc3c([nH]c4ccc(Br)cc34)[C@@H]2C1. The largest absolute Gasteiger partial charge is 0.466 e. The molecule has 4 rings (SSSR count). The summed E-state index contributed by atoms with van der Waals surface area (Å²) in [4.78, 5) is 30.0. The molecule has 25 heavy (non-hydrogen) atoms. The summed E-state index contributed by atoms with van der Waals surface area (Å²) in [6.45, 7) is 2.94. The second-order valence-electron chi connectivity index (χ2n) is 6.88. The molecule has 1 amide bonds. The van der Waals surface area contributed by atoms with Gasteiger partial charge in [-0.15, -0.1) is 0 Å². The van der Waals surface area contributed by atoms with E-state index in [1.54, 1.807) is 0 Å². The Morgan fingerprint density at radius 2 is 2.28 bits per heavy atom. The Labute approximate surface area is 154 Å². The van der Waals surface area contributed by atoms with E-state index in [-0.39, 0.29) is 23.8 Å². The maximum Gasteiger partial charge on any atom is 0.306 e. The minimum atomic E-state index is -0.203. The average molecular weight is 405 g/mol. The number of H-pyrrole nitrogens is 1. The van der Waals surface area contributed by atoms with Crippen molar-refractivity contribution in [1.29, 1.82) is 0 Å². The van der Waals surface area contributed by atoms with Gasteiger partial charge in [0.1, 0.15) is 0 Å². The van der Waals surface area contributed by atoms with E-state index in [0.717, 1.165) is 35.1 Å². The fourth-order valence-corrected chi connectivity index (χ4v) is 4.62. The number of ether oxygens (including phenoxy) is 1. The van der Waals surface area contributed by atoms with Crippen LogP contribution >= 0.6 is 15.9 Å². The molecule has 0 aliphatic carbocycles. The predicted molar refractivity (Wildman–Crippen MR) is 98.1 cm³/mol. The number of amides is 1. The second kappa shape index (κ2) is 6.48. The number of aromatic nitrogens is 1. The van der Waals surface area contributed by atoms with Crippen LogP contribution in [0, 0.1) is 5.92 Å². The lowest BCUT2D eigenvalue weighted by Crippen LogP contribution is -2.45. The van der Waals surface area contributed by atoms with Gasteiger partial charge in [0.05, 0.1) is 12.6 Å². The van der Waals surface area contributed by atoms with Gasteiger partial charge >= 0.3 is 5.97 Å². The van der Waals surface area contributed by atoms with Crippen molar-refractivity contribution in [3.05, 3.63) is 33.9 Å². The Kier molecular flexibility index (Phi) is 4.31. The number of fused-ring (bicyclic) bond motifs is 5. The molecule has 6 heteroatoms. The van der Waals surface area contributed by atoms with Gasteiger partial charge in [0.15, 0.2) is 0 Å². The van der Waals surface area contributed by atoms with Crippen molar-refractivity contribution in [1.82, 2.24) is 9.88 Å². The highest BCUT2D eigenvalue weighted by Gasteiger charge is 2.40. The number of rotatable bonds is 3. The van der Waals surface area contributed by atoms with Crippen LogP contribution in [0.1, 0.15) is 43.5 Å². The van der Waals surface area contributed by atoms with Crippen LogP contribution < -0.4 is 0 Å². The van der Waals surface area contributed by atoms with Crippen LogP contribution in [0.25, 0.3) is 10.9 Å². The van der Waals surface area contributed by atoms with E-state index in [1.807, 2.05) is 17.9 Å². The number of benzene rings is 1. The number of piperidine rings is 1. The van der Waals surface area contributed by atoms with Crippen molar-refractivity contribution in [2.45, 2.75) is 38.6 Å². The third-order valence-electron chi connectivity index (χ3n) is 5.31. The lowest BCUT2D eigenvalue weighted by molar-refractivity contribution is -0.147. The quantitative estimate of drug-likeness (QED) is 0.792. The zero-order valence-corrected chi connectivity index (χ0v) is 15.8. The molecule has 0 saturated carbocycles. The van der Waals surface area contributed by atoms with Crippen LogP contribution in [0.5, 0.6) is 0 Å². The van der Waals surface area contributed by atoms with Gasteiger partial charge in [-0.05, 0) is 49.4 Å². The summed E-state index contributed by atoms with van der Waals surface area (Å²) in [5.74, 6) is -0.00158. The number of carbonyl (C=O) groups is 2. The zero-order valence-electron chi connectivity index (χ0n) is 14.2. The number of aromatic amines is 1. The number of hydrogen-bond donors (Lipinski definition) is 1. The molecule has 2 aliphatic heterocycles. The van der Waals surface area contributed by atoms with Gasteiger partial charge in [-0.1, -0.05) is 15.9 Å². The van der Waals surface area contributed by atoms with E-state index in [2.05, 4.69) is 33.0 Å². The highest BCUT2D eigenvalue weighted by molar-refractivity contribution is 9.10. The first-order valence-electron chi connectivity index (χ1n) is 8.82. The molecule has 5 nitrogen and oxygen atoms in total. The monoisotopic (exact) mass is 404 g/mol. The third-order valence-corrected chi connectivity index (χ3v) is 5.81. The Balaban J connectivity index is 1.66. The summed E-state index contributed by atoms with van der Waals surface area (Å²) in [5.41, 5.74) is 3.55. The first-order valence-corrected chi connectivity index (χ1v) is 9.61. The van der Waals surface area contributed by atoms with Gasteiger partial charge < -0.3 is 14.6 Å². The maximum absolute atomic E-state index is 12.6. The topological polar surface area (TPSA) is 62.4 Å². The Morgan fingerprint density at radius 1 is 1.44 bits per heavy atom. The molecule has 1 aromatic carbocycles. The molecule has 2 atom stereocenters. The molecule has 0 bridgehead atoms. The van der Waals surface area contributed by atoms with E-state index in [0.29, 0.717) is 19.4 Å². The second-order valence-corrected chi connectivity index (χ2v) is 7.79. The van der Waals surface area contributed by atoms with Crippen LogP contribution in [0.4, 0.5) is 0 Å². The van der Waals surface area contributed by atoms with Crippen molar-refractivity contribution in [2.75, 3.05) is 13.2 Å². The van der Waals surface area contributed by atoms with E-state index in [4.69, 9.17) is 4.74 Å². The van der Waals surface area contributed by atoms with Crippen LogP contribution in [0.15, 0.2) is 22.7 Å². The first kappa shape index (κ1) is 16.6. The number of hydrogen-bond acceptors (Lipinski definition) is 3. The fourth-order valence-electron chi connectivity index (χ4n) is 4.26. The minimum absolute atomic E-state index is 0.0376. The fraction of sp³-hybridized carbons (Fsp3) is 0.474. The number of esters is 1. The Bertz CT molecular complexity index is 845. The van der Waals surface area contributed by atoms with Crippen molar-refractivity contribution in [3.63, 3.8) is 0 Å². The molecule has 2 aliphatic rings. The number of nitrogens with zero attached hydrogens (tertiary/aromatic N) is 1. The molecule has 1 fully saturated rings. The smallest absolute Gasteiger partial charge is 0.306 e. The average Bonchev–Trinajstić information content (AvgIpc) is 2.93. The van der Waals surface area contributed by atoms with Gasteiger partial charge in [0.2, 0.25) is 5.91 Å². The number of carbonyl (C=O) groups excluding carboxylic acids is 2. The predicted octanol–water partition coefficient (Wildman–Crippen LogP) is 3.72. The van der Waals surface area contributed by atoms with Crippen LogP contribution in [-0.2, 0) is 20.7 Å². The van der Waals surface area contributed by atoms with Crippen molar-refractivity contribution in [3.8, 4) is 0 Å². The van der Waals surface area contributed by atoms with E-state index < -0.39 is 0 Å². The highest BCUT2D eigenvalue weighted by atomic mass is 79.9. The normalized spacial score (nSPS) is 22.6. The van der Waals surface area contributed by atoms with Crippen molar-refractivity contribution >= 4 is 38.7 Å². The molecule has 0 radical (unpaired) electrons. The lowest BCUT2D eigenvalue weighted by Gasteiger charge is -2.42. The maximum atomic E-state index is 12.6. The Morgan fingerprint density at radius 3 is 3.08 bits per heavy atom. The third kappa shape index (κ3) is 2.97. The Hall–Kier alpha value is -1.82. The number of nitrogens with one attached hydrogen (secondary N) is 1. The standard InChI is InChI=1S/C19H21BrN2O3/c1-2-25-18(24)9-11-7-16-19-13(5-6-22(16)17(23)8-11)14-10-12(20)3-4-15(14)21-19/h3-4,10-11,16,21H,2,5-9H2,1H3/t11-,16-/m0/s1. The van der Waals surface area contributed by atoms with Gasteiger partial charge in [-0.3, -0.25) is 9.59 Å². The summed E-state index contributed by atoms with van der Waals surface area (Å²) < 4.78 is 6.13. The van der Waals surface area contributed by atoms with Crippen LogP contribution in [0.3, 0.4) is 0 Å². The number of halogens is 1. The summed E-state index contributed by atoms with van der Waals surface area (Å²) in [6, 6.07) is 6.28. The van der Waals surface area contributed by atoms with Gasteiger partial charge in [-0.2, -0.15) is 0 Å². The van der Waals surface area contributed by atoms with E-state index in [1.165, 1.54) is 10.9 Å². The molecule has 1 saturated heterocycles. The van der Waals surface area contributed by atoms with Crippen LogP contribution in [-0.4, -0.2) is 34.9 Å². The first-order chi connectivity index (χ1) is 12.1. The highest BCUT2D eigenvalue weighted by Crippen LogP contribution is 2.42. The van der Waals surface area contributed by atoms with Crippen molar-refractivity contribution in [2.24, 2.45) is 5.92 Å². The molecular weight excluding hydrogens is 384 g/mol. The minimum Gasteiger partial charge on any atom is -0.466 e. The molecule has 0 unspecified atom stereocenters. The van der Waals surface area contributed by atoms with Crippen molar-refractivity contribution < 1.29 is 14.3 Å². The summed E-state index contributed by atoms with van der Waals surface area (Å²) in [7, 11) is 0. The molecule has 3 heterocycles. The summed E-state index contributed by atoms with van der Waals surface area (Å²) >= 11 is 3.54. The van der Waals surface area contributed by atoms with Crippen LogP contribution in [0.2, 0.25) is 0 Å². The zero-order chi connectivity index (χ0) is 17.6. The molecular formula is C19H21BrN2O3. The van der Waals surface area contributed by atoms with Gasteiger partial charge in [0, 0.05) is 40.5 Å². The van der Waals surface area contributed by atoms with E-state index >= 15 is 0 Å². The molecule has 132 valence electrons. The molecule has 1 aromatic heterocycles. The summed E-state index contributed by atoms with van der Waals surface area (Å²) in [5, 5.41) is 1.23. The molecule has 2 aromatic rings. The molecule has 0 spiro atoms. The van der Waals surface area contributed by atoms with Gasteiger partial charge in [0.25, 0.3) is 0 Å². The van der Waals surface area contributed by atoms with E-state index in [9.17, 15) is 9.59 Å². The lowest BCUT2D eigenvalue weighted by atomic mass is 9.83. The summed E-state index contributed by atoms with van der Waals surface area (Å²) in [6.07, 6.45) is 2.45. The van der Waals surface area contributed by atoms with Gasteiger partial charge in [-0.25, -0.2) is 0 Å².